The van der Waals surface area contributed by atoms with Crippen molar-refractivity contribution in [2.45, 2.75) is 38.8 Å². The van der Waals surface area contributed by atoms with Gasteiger partial charge in [-0.25, -0.2) is 19.2 Å². The predicted molar refractivity (Wildman–Crippen MR) is 72.0 cm³/mol. The summed E-state index contributed by atoms with van der Waals surface area (Å²) in [7, 11) is 0. The summed E-state index contributed by atoms with van der Waals surface area (Å²) in [4.78, 5) is 21.4. The molecule has 1 N–H and O–H groups in total. The van der Waals surface area contributed by atoms with Gasteiger partial charge in [-0.15, -0.1) is 0 Å². The summed E-state index contributed by atoms with van der Waals surface area (Å²) in [5.74, 6) is 0.0104. The molecule has 0 bridgehead atoms. The molecular weight excluding hydrogens is 263 g/mol. The number of nitrogens with one attached hydrogen (secondary N) is 1. The van der Waals surface area contributed by atoms with Gasteiger partial charge in [-0.05, 0) is 27.2 Å². The third-order valence-corrected chi connectivity index (χ3v) is 2.80. The molecule has 1 saturated heterocycles. The van der Waals surface area contributed by atoms with Gasteiger partial charge in [0.05, 0.1) is 18.4 Å². The van der Waals surface area contributed by atoms with Gasteiger partial charge in [-0.3, -0.25) is 0 Å². The van der Waals surface area contributed by atoms with Crippen molar-refractivity contribution in [1.29, 1.82) is 0 Å². The average molecular weight is 282 g/mol. The summed E-state index contributed by atoms with van der Waals surface area (Å²) in [5.41, 5.74) is -0.511. The summed E-state index contributed by atoms with van der Waals surface area (Å²) in [5, 5.41) is 2.81. The molecule has 6 nitrogen and oxygen atoms in total. The van der Waals surface area contributed by atoms with E-state index >= 15 is 0 Å². The van der Waals surface area contributed by atoms with E-state index in [1.807, 2.05) is 25.7 Å². The van der Waals surface area contributed by atoms with Crippen LogP contribution >= 0.6 is 0 Å². The SMILES string of the molecule is CC(C)(C)OC(=O)N[C@H]1CCN(c2ncc(F)cn2)C1. The smallest absolute Gasteiger partial charge is 0.407 e. The number of hydrogen-bond donors (Lipinski definition) is 1. The molecule has 1 atom stereocenters. The average Bonchev–Trinajstić information content (AvgIpc) is 2.75. The fourth-order valence-electron chi connectivity index (χ4n) is 2.00. The minimum absolute atomic E-state index is 0.0153. The van der Waals surface area contributed by atoms with Crippen molar-refractivity contribution in [3.05, 3.63) is 18.2 Å². The van der Waals surface area contributed by atoms with E-state index in [2.05, 4.69) is 15.3 Å². The molecule has 1 aromatic heterocycles. The molecule has 20 heavy (non-hydrogen) atoms. The summed E-state index contributed by atoms with van der Waals surface area (Å²) < 4.78 is 18.0. The molecule has 0 aromatic carbocycles. The number of carbonyl (C=O) groups is 1. The van der Waals surface area contributed by atoms with Crippen LogP contribution in [0.3, 0.4) is 0 Å². The highest BCUT2D eigenvalue weighted by molar-refractivity contribution is 5.68. The van der Waals surface area contributed by atoms with E-state index in [4.69, 9.17) is 4.74 Å². The lowest BCUT2D eigenvalue weighted by Crippen LogP contribution is -2.40. The monoisotopic (exact) mass is 282 g/mol. The molecule has 1 aliphatic heterocycles. The van der Waals surface area contributed by atoms with Gasteiger partial charge >= 0.3 is 6.09 Å². The topological polar surface area (TPSA) is 67.3 Å². The summed E-state index contributed by atoms with van der Waals surface area (Å²) in [6.07, 6.45) is 2.62. The quantitative estimate of drug-likeness (QED) is 0.894. The molecule has 110 valence electrons. The van der Waals surface area contributed by atoms with Gasteiger partial charge in [-0.1, -0.05) is 0 Å². The van der Waals surface area contributed by atoms with Gasteiger partial charge in [-0.2, -0.15) is 0 Å². The molecule has 0 aliphatic carbocycles. The van der Waals surface area contributed by atoms with Crippen LogP contribution in [0.4, 0.5) is 15.1 Å². The van der Waals surface area contributed by atoms with E-state index in [1.54, 1.807) is 0 Å². The maximum Gasteiger partial charge on any atom is 0.407 e. The molecule has 7 heteroatoms. The number of anilines is 1. The van der Waals surface area contributed by atoms with E-state index in [0.717, 1.165) is 18.8 Å². The molecule has 0 saturated carbocycles. The molecule has 2 heterocycles. The standard InChI is InChI=1S/C13H19FN4O2/c1-13(2,3)20-12(19)17-10-4-5-18(8-10)11-15-6-9(14)7-16-11/h6-7,10H,4-5,8H2,1-3H3,(H,17,19)/t10-/m0/s1. The Morgan fingerprint density at radius 3 is 2.70 bits per heavy atom. The number of nitrogens with zero attached hydrogens (tertiary/aromatic N) is 3. The number of amides is 1. The molecule has 0 radical (unpaired) electrons. The predicted octanol–water partition coefficient (Wildman–Crippen LogP) is 1.72. The molecule has 0 unspecified atom stereocenters. The van der Waals surface area contributed by atoms with E-state index in [9.17, 15) is 9.18 Å². The van der Waals surface area contributed by atoms with Gasteiger partial charge in [0.2, 0.25) is 5.95 Å². The zero-order valence-corrected chi connectivity index (χ0v) is 11.9. The fraction of sp³-hybridized carbons (Fsp3) is 0.615. The highest BCUT2D eigenvalue weighted by Crippen LogP contribution is 2.16. The van der Waals surface area contributed by atoms with Crippen LogP contribution in [0.15, 0.2) is 12.4 Å². The van der Waals surface area contributed by atoms with Crippen LogP contribution in [0, 0.1) is 5.82 Å². The van der Waals surface area contributed by atoms with Crippen LogP contribution < -0.4 is 10.2 Å². The molecule has 0 spiro atoms. The zero-order valence-electron chi connectivity index (χ0n) is 11.9. The molecule has 1 aliphatic rings. The number of halogens is 1. The van der Waals surface area contributed by atoms with Crippen molar-refractivity contribution >= 4 is 12.0 Å². The lowest BCUT2D eigenvalue weighted by molar-refractivity contribution is 0.0509. The zero-order chi connectivity index (χ0) is 14.8. The number of aromatic nitrogens is 2. The largest absolute Gasteiger partial charge is 0.444 e. The van der Waals surface area contributed by atoms with Gasteiger partial charge in [0.1, 0.15) is 5.60 Å². The van der Waals surface area contributed by atoms with Crippen molar-refractivity contribution in [3.8, 4) is 0 Å². The van der Waals surface area contributed by atoms with Gasteiger partial charge in [0.15, 0.2) is 5.82 Å². The summed E-state index contributed by atoms with van der Waals surface area (Å²) in [6, 6.07) is -0.0153. The Balaban J connectivity index is 1.86. The number of rotatable bonds is 2. The Kier molecular flexibility index (Phi) is 4.06. The van der Waals surface area contributed by atoms with Gasteiger partial charge in [0, 0.05) is 13.1 Å². The van der Waals surface area contributed by atoms with E-state index in [0.29, 0.717) is 19.0 Å². The first kappa shape index (κ1) is 14.5. The Morgan fingerprint density at radius 1 is 1.45 bits per heavy atom. The normalized spacial score (nSPS) is 19.0. The second-order valence-corrected chi connectivity index (χ2v) is 5.78. The van der Waals surface area contributed by atoms with Crippen LogP contribution in [-0.4, -0.2) is 40.8 Å². The second kappa shape index (κ2) is 5.60. The van der Waals surface area contributed by atoms with Gasteiger partial charge < -0.3 is 15.0 Å². The first-order valence-electron chi connectivity index (χ1n) is 6.55. The summed E-state index contributed by atoms with van der Waals surface area (Å²) >= 11 is 0. The van der Waals surface area contributed by atoms with Crippen LogP contribution in [0.1, 0.15) is 27.2 Å². The summed E-state index contributed by atoms with van der Waals surface area (Å²) in [6.45, 7) is 6.76. The Bertz CT molecular complexity index is 472. The fourth-order valence-corrected chi connectivity index (χ4v) is 2.00. The van der Waals surface area contributed by atoms with Crippen LogP contribution in [-0.2, 0) is 4.74 Å². The second-order valence-electron chi connectivity index (χ2n) is 5.78. The number of alkyl carbamates (subject to hydrolysis) is 1. The molecule has 1 aromatic rings. The Morgan fingerprint density at radius 2 is 2.10 bits per heavy atom. The van der Waals surface area contributed by atoms with Gasteiger partial charge in [0.25, 0.3) is 0 Å². The molecular formula is C13H19FN4O2. The maximum absolute atomic E-state index is 12.8. The minimum Gasteiger partial charge on any atom is -0.444 e. The number of hydrogen-bond acceptors (Lipinski definition) is 5. The van der Waals surface area contributed by atoms with Crippen LogP contribution in [0.5, 0.6) is 0 Å². The Hall–Kier alpha value is -1.92. The highest BCUT2D eigenvalue weighted by atomic mass is 19.1. The van der Waals surface area contributed by atoms with Crippen LogP contribution in [0.25, 0.3) is 0 Å². The lowest BCUT2D eigenvalue weighted by atomic mass is 10.2. The minimum atomic E-state index is -0.511. The van der Waals surface area contributed by atoms with E-state index < -0.39 is 17.5 Å². The van der Waals surface area contributed by atoms with Crippen molar-refractivity contribution < 1.29 is 13.9 Å². The van der Waals surface area contributed by atoms with E-state index in [-0.39, 0.29) is 6.04 Å². The first-order valence-corrected chi connectivity index (χ1v) is 6.55. The maximum atomic E-state index is 12.8. The number of carbonyl (C=O) groups excluding carboxylic acids is 1. The van der Waals surface area contributed by atoms with Crippen molar-refractivity contribution in [1.82, 2.24) is 15.3 Å². The highest BCUT2D eigenvalue weighted by Gasteiger charge is 2.27. The third-order valence-electron chi connectivity index (χ3n) is 2.80. The molecule has 1 fully saturated rings. The van der Waals surface area contributed by atoms with E-state index in [1.165, 1.54) is 0 Å². The lowest BCUT2D eigenvalue weighted by Gasteiger charge is -2.22. The number of ether oxygens (including phenoxy) is 1. The third kappa shape index (κ3) is 4.04. The molecule has 1 amide bonds. The molecule has 2 rings (SSSR count). The van der Waals surface area contributed by atoms with Crippen LogP contribution in [0.2, 0.25) is 0 Å². The van der Waals surface area contributed by atoms with Crippen molar-refractivity contribution in [2.24, 2.45) is 0 Å². The first-order chi connectivity index (χ1) is 9.33. The van der Waals surface area contributed by atoms with Crippen molar-refractivity contribution in [3.63, 3.8) is 0 Å². The van der Waals surface area contributed by atoms with Crippen molar-refractivity contribution in [2.75, 3.05) is 18.0 Å². The Labute approximate surface area is 117 Å².